The molecule has 348 valence electrons. The minimum Gasteiger partial charge on any atom is -0.462 e. The maximum absolute atomic E-state index is 13.9. The van der Waals surface area contributed by atoms with Crippen LogP contribution in [-0.4, -0.2) is 58.1 Å². The molecule has 0 unspecified atom stereocenters. The summed E-state index contributed by atoms with van der Waals surface area (Å²) in [5.74, 6) is 3.12. The molecule has 2 N–H and O–H groups in total. The molecule has 6 saturated carbocycles. The van der Waals surface area contributed by atoms with Crippen molar-refractivity contribution in [1.82, 2.24) is 0 Å². The number of carbonyl (C=O) groups excluding carboxylic acids is 4. The number of ketones is 2. The summed E-state index contributed by atoms with van der Waals surface area (Å²) in [4.78, 5) is 52.2. The van der Waals surface area contributed by atoms with Crippen LogP contribution in [0.4, 0.5) is 0 Å². The lowest BCUT2D eigenvalue weighted by molar-refractivity contribution is -0.202. The summed E-state index contributed by atoms with van der Waals surface area (Å²) in [6.07, 6.45) is 25.8. The van der Waals surface area contributed by atoms with E-state index in [4.69, 9.17) is 9.47 Å². The number of fused-ring (bicyclic) bond motifs is 9. The second kappa shape index (κ2) is 17.4. The molecule has 0 radical (unpaired) electrons. The van der Waals surface area contributed by atoms with Gasteiger partial charge in [-0.1, -0.05) is 97.3 Å². The molecule has 0 aromatic rings. The number of rotatable bonds is 13. The number of allylic oxidation sites excluding steroid dienone is 7. The van der Waals surface area contributed by atoms with Crippen molar-refractivity contribution in [3.8, 4) is 0 Å². The maximum Gasteiger partial charge on any atom is 0.306 e. The van der Waals surface area contributed by atoms with Crippen molar-refractivity contribution < 1.29 is 38.9 Å². The van der Waals surface area contributed by atoms with Crippen LogP contribution in [0, 0.1) is 80.8 Å². The first kappa shape index (κ1) is 46.7. The van der Waals surface area contributed by atoms with Gasteiger partial charge in [0.2, 0.25) is 5.78 Å². The number of ether oxygens (including phenoxy) is 2. The number of carbonyl (C=O) groups is 4. The van der Waals surface area contributed by atoms with Gasteiger partial charge in [-0.15, -0.1) is 0 Å². The Hall–Kier alpha value is -2.84. The van der Waals surface area contributed by atoms with Crippen LogP contribution >= 0.6 is 0 Å². The summed E-state index contributed by atoms with van der Waals surface area (Å²) in [5, 5.41) is 24.3. The van der Waals surface area contributed by atoms with Gasteiger partial charge in [-0.25, -0.2) is 0 Å². The summed E-state index contributed by atoms with van der Waals surface area (Å²) in [6, 6.07) is 0. The topological polar surface area (TPSA) is 127 Å². The first-order valence-electron chi connectivity index (χ1n) is 25.4. The largest absolute Gasteiger partial charge is 0.462 e. The van der Waals surface area contributed by atoms with Crippen molar-refractivity contribution in [3.05, 3.63) is 47.6 Å². The lowest BCUT2D eigenvalue weighted by Crippen LogP contribution is -2.65. The summed E-state index contributed by atoms with van der Waals surface area (Å²) in [6.45, 7) is 17.9. The third kappa shape index (κ3) is 7.83. The summed E-state index contributed by atoms with van der Waals surface area (Å²) >= 11 is 0. The molecule has 8 heteroatoms. The van der Waals surface area contributed by atoms with Gasteiger partial charge in [-0.05, 0) is 160 Å². The summed E-state index contributed by atoms with van der Waals surface area (Å²) < 4.78 is 11.4. The molecule has 0 aliphatic heterocycles. The molecule has 8 aliphatic carbocycles. The van der Waals surface area contributed by atoms with Gasteiger partial charge in [0.25, 0.3) is 0 Å². The summed E-state index contributed by atoms with van der Waals surface area (Å²) in [5.41, 5.74) is -0.552. The van der Waals surface area contributed by atoms with Crippen LogP contribution in [0.1, 0.15) is 165 Å². The normalized spacial score (nSPS) is 43.7. The average Bonchev–Trinajstić information content (AvgIpc) is 3.74. The lowest BCUT2D eigenvalue weighted by Gasteiger charge is -2.60. The van der Waals surface area contributed by atoms with Crippen LogP contribution < -0.4 is 0 Å². The number of aliphatic hydroxyl groups is 2. The van der Waals surface area contributed by atoms with Gasteiger partial charge in [-0.2, -0.15) is 0 Å². The van der Waals surface area contributed by atoms with E-state index in [0.29, 0.717) is 29.6 Å². The Bertz CT molecular complexity index is 1920. The Morgan fingerprint density at radius 2 is 1.68 bits per heavy atom. The molecule has 0 amide bonds. The fourth-order valence-corrected chi connectivity index (χ4v) is 16.5. The predicted octanol–water partition coefficient (Wildman–Crippen LogP) is 10.6. The van der Waals surface area contributed by atoms with E-state index in [1.54, 1.807) is 12.2 Å². The van der Waals surface area contributed by atoms with E-state index in [9.17, 15) is 29.4 Å². The Morgan fingerprint density at radius 1 is 0.921 bits per heavy atom. The first-order chi connectivity index (χ1) is 29.8. The molecule has 0 aromatic carbocycles. The van der Waals surface area contributed by atoms with Crippen LogP contribution in [-0.2, 0) is 28.7 Å². The molecule has 8 nitrogen and oxygen atoms in total. The highest BCUT2D eigenvalue weighted by Crippen LogP contribution is 2.68. The quantitative estimate of drug-likeness (QED) is 0.138. The minimum atomic E-state index is -1.87. The molecule has 0 aromatic heterocycles. The van der Waals surface area contributed by atoms with Crippen molar-refractivity contribution >= 4 is 23.5 Å². The molecule has 0 bridgehead atoms. The monoisotopic (exact) mass is 869 g/mol. The van der Waals surface area contributed by atoms with Crippen molar-refractivity contribution in [3.63, 3.8) is 0 Å². The van der Waals surface area contributed by atoms with E-state index in [0.717, 1.165) is 74.2 Å². The van der Waals surface area contributed by atoms with Crippen LogP contribution in [0.3, 0.4) is 0 Å². The van der Waals surface area contributed by atoms with Gasteiger partial charge in [-0.3, -0.25) is 19.2 Å². The van der Waals surface area contributed by atoms with Gasteiger partial charge in [0, 0.05) is 23.2 Å². The Balaban J connectivity index is 0.815. The van der Waals surface area contributed by atoms with Gasteiger partial charge < -0.3 is 19.7 Å². The minimum absolute atomic E-state index is 0.0469. The van der Waals surface area contributed by atoms with Gasteiger partial charge in [0.05, 0.1) is 18.9 Å². The lowest BCUT2D eigenvalue weighted by atomic mass is 9.46. The van der Waals surface area contributed by atoms with Crippen LogP contribution in [0.2, 0.25) is 0 Å². The zero-order chi connectivity index (χ0) is 45.3. The number of aliphatic hydroxyl groups excluding tert-OH is 1. The highest BCUT2D eigenvalue weighted by molar-refractivity contribution is 6.01. The molecule has 6 fully saturated rings. The molecular weight excluding hydrogens is 789 g/mol. The van der Waals surface area contributed by atoms with E-state index >= 15 is 0 Å². The molecule has 0 spiro atoms. The smallest absolute Gasteiger partial charge is 0.306 e. The number of hydrogen-bond acceptors (Lipinski definition) is 8. The Morgan fingerprint density at radius 3 is 2.43 bits per heavy atom. The summed E-state index contributed by atoms with van der Waals surface area (Å²) in [7, 11) is 0. The van der Waals surface area contributed by atoms with Crippen LogP contribution in [0.15, 0.2) is 47.6 Å². The van der Waals surface area contributed by atoms with Crippen molar-refractivity contribution in [2.75, 3.05) is 6.61 Å². The van der Waals surface area contributed by atoms with Crippen molar-refractivity contribution in [1.29, 1.82) is 0 Å². The van der Waals surface area contributed by atoms with Gasteiger partial charge in [0.1, 0.15) is 11.7 Å². The maximum atomic E-state index is 13.9. The highest BCUT2D eigenvalue weighted by Gasteiger charge is 2.70. The number of esters is 2. The van der Waals surface area contributed by atoms with E-state index in [-0.39, 0.29) is 54.3 Å². The third-order valence-corrected chi connectivity index (χ3v) is 20.5. The van der Waals surface area contributed by atoms with Crippen molar-refractivity contribution in [2.24, 2.45) is 80.8 Å². The first-order valence-corrected chi connectivity index (χ1v) is 25.4. The van der Waals surface area contributed by atoms with Crippen molar-refractivity contribution in [2.45, 2.75) is 182 Å². The number of hydrogen-bond donors (Lipinski definition) is 2. The van der Waals surface area contributed by atoms with E-state index < -0.39 is 46.9 Å². The Kier molecular flexibility index (Phi) is 12.9. The average molecular weight is 869 g/mol. The second-order valence-corrected chi connectivity index (χ2v) is 23.4. The van der Waals surface area contributed by atoms with Gasteiger partial charge >= 0.3 is 11.9 Å². The fraction of sp³-hybridized carbons (Fsp3) is 0.782. The zero-order valence-corrected chi connectivity index (χ0v) is 40.0. The fourth-order valence-electron chi connectivity index (χ4n) is 16.5. The highest BCUT2D eigenvalue weighted by atomic mass is 16.5. The molecule has 0 heterocycles. The molecule has 0 saturated heterocycles. The van der Waals surface area contributed by atoms with Crippen LogP contribution in [0.5, 0.6) is 0 Å². The molecular formula is C55H80O8. The van der Waals surface area contributed by atoms with Gasteiger partial charge in [0.15, 0.2) is 12.4 Å². The standard InChI is InChI=1S/C55H80O8/c1-9-35(33(2)3)12-10-11-34(4)43-17-18-44-42-16-15-38-31-41(23-26-51(38,5)45(42)24-27-53(43,44)7)63-48(59)20-19-47(58)62-32-46(57)55(61)28-21-39-29-36-13-14-37-30-40(56)22-25-52(37,6)49(36)50(60)54(39,55)8/h10-11,15,22,25,30,33-36,39,41-45,49-50,60-61H,9,12-14,16-21,23-24,26-29,31-32H2,1-8H3/b11-10+/t34-,35-,36+,39+,41+,42+,43-,44+,45+,49-,50-,51+,52+,53-,54-,55+/m1/s1. The van der Waals surface area contributed by atoms with E-state index in [2.05, 4.69) is 66.7 Å². The van der Waals surface area contributed by atoms with E-state index in [1.165, 1.54) is 44.1 Å². The van der Waals surface area contributed by atoms with E-state index in [1.807, 2.05) is 13.0 Å². The molecule has 16 atom stereocenters. The predicted molar refractivity (Wildman–Crippen MR) is 245 cm³/mol. The molecule has 63 heavy (non-hydrogen) atoms. The zero-order valence-electron chi connectivity index (χ0n) is 40.0. The molecule has 8 aliphatic rings. The third-order valence-electron chi connectivity index (χ3n) is 20.5. The molecule has 8 rings (SSSR count). The Labute approximate surface area is 378 Å². The second-order valence-electron chi connectivity index (χ2n) is 23.4. The van der Waals surface area contributed by atoms with Crippen LogP contribution in [0.25, 0.3) is 0 Å². The SMILES string of the molecule is CC[C@H](C/C=C/[C@@H](C)[C@H]1CC[C@H]2[C@@H]3CC=C4C[C@@H](OC(=O)CCC(=O)OCC(=O)[C@@]5(O)CC[C@H]6C[C@@H]7CCC8=CC(=O)C=C[C@]8(C)[C@H]7[C@@H](O)[C@@]65C)CC[C@]4(C)[C@H]3CC[C@]12C)C(C)C. The number of Topliss-reactive ketones (excluding diaryl/α,β-unsaturated/α-hetero) is 1.